The Morgan fingerprint density at radius 1 is 1.21 bits per heavy atom. The van der Waals surface area contributed by atoms with Crippen molar-refractivity contribution in [1.82, 2.24) is 19.1 Å². The molecule has 0 aromatic carbocycles. The zero-order valence-electron chi connectivity index (χ0n) is 17.2. The van der Waals surface area contributed by atoms with Crippen LogP contribution in [0.4, 0.5) is 0 Å². The van der Waals surface area contributed by atoms with E-state index in [0.717, 1.165) is 58.5 Å². The normalized spacial score (nSPS) is 22.8. The summed E-state index contributed by atoms with van der Waals surface area (Å²) in [6.07, 6.45) is 9.10. The minimum Gasteiger partial charge on any atom is -0.381 e. The molecule has 2 aliphatic heterocycles. The van der Waals surface area contributed by atoms with Crippen LogP contribution in [0.15, 0.2) is 24.5 Å². The number of hydrogen-bond donors (Lipinski definition) is 0. The molecule has 2 aliphatic rings. The van der Waals surface area contributed by atoms with E-state index in [-0.39, 0.29) is 0 Å². The fourth-order valence-corrected chi connectivity index (χ4v) is 5.25. The molecule has 2 saturated heterocycles. The Morgan fingerprint density at radius 2 is 2.00 bits per heavy atom. The third kappa shape index (κ3) is 6.22. The van der Waals surface area contributed by atoms with Gasteiger partial charge in [-0.2, -0.15) is 0 Å². The van der Waals surface area contributed by atoms with Crippen molar-refractivity contribution < 1.29 is 13.2 Å². The highest BCUT2D eigenvalue weighted by molar-refractivity contribution is 7.88. The summed E-state index contributed by atoms with van der Waals surface area (Å²) in [5, 5.41) is 0. The summed E-state index contributed by atoms with van der Waals surface area (Å²) in [5.41, 5.74) is 1.21. The molecule has 8 heteroatoms. The molecule has 7 nitrogen and oxygen atoms in total. The summed E-state index contributed by atoms with van der Waals surface area (Å²) in [4.78, 5) is 9.09. The Bertz CT molecular complexity index is 695. The summed E-state index contributed by atoms with van der Waals surface area (Å²) < 4.78 is 31.4. The lowest BCUT2D eigenvalue weighted by Gasteiger charge is -2.44. The first-order chi connectivity index (χ1) is 13.4. The fourth-order valence-electron chi connectivity index (χ4n) is 4.34. The van der Waals surface area contributed by atoms with Gasteiger partial charge in [-0.3, -0.25) is 9.88 Å². The predicted octanol–water partition coefficient (Wildman–Crippen LogP) is 1.42. The van der Waals surface area contributed by atoms with Crippen LogP contribution in [0.2, 0.25) is 0 Å². The summed E-state index contributed by atoms with van der Waals surface area (Å²) in [6.45, 7) is 5.63. The van der Waals surface area contributed by atoms with E-state index in [1.54, 1.807) is 10.5 Å². The lowest BCUT2D eigenvalue weighted by atomic mass is 9.99. The number of nitrogens with zero attached hydrogens (tertiary/aromatic N) is 4. The van der Waals surface area contributed by atoms with Crippen molar-refractivity contribution >= 4 is 10.0 Å². The number of ether oxygens (including phenoxy) is 1. The highest BCUT2D eigenvalue weighted by atomic mass is 32.2. The first-order valence-corrected chi connectivity index (χ1v) is 12.1. The van der Waals surface area contributed by atoms with Gasteiger partial charge in [0.2, 0.25) is 10.0 Å². The predicted molar refractivity (Wildman–Crippen MR) is 111 cm³/mol. The van der Waals surface area contributed by atoms with Crippen LogP contribution in [0, 0.1) is 0 Å². The molecule has 0 bridgehead atoms. The first kappa shape index (κ1) is 21.6. The average molecular weight is 411 g/mol. The second-order valence-electron chi connectivity index (χ2n) is 8.10. The van der Waals surface area contributed by atoms with Crippen LogP contribution in [0.5, 0.6) is 0 Å². The van der Waals surface area contributed by atoms with Gasteiger partial charge in [0.05, 0.1) is 6.26 Å². The Kier molecular flexibility index (Phi) is 7.82. The van der Waals surface area contributed by atoms with Gasteiger partial charge in [0.15, 0.2) is 0 Å². The van der Waals surface area contributed by atoms with E-state index in [1.165, 1.54) is 11.8 Å². The minimum absolute atomic E-state index is 0.290. The Hall–Kier alpha value is -1.06. The van der Waals surface area contributed by atoms with E-state index in [0.29, 0.717) is 25.2 Å². The van der Waals surface area contributed by atoms with Gasteiger partial charge in [-0.25, -0.2) is 12.7 Å². The molecule has 0 N–H and O–H groups in total. The monoisotopic (exact) mass is 410 g/mol. The van der Waals surface area contributed by atoms with Crippen LogP contribution in [-0.4, -0.2) is 92.3 Å². The third-order valence-electron chi connectivity index (χ3n) is 5.87. The molecule has 0 saturated carbocycles. The second kappa shape index (κ2) is 10.1. The fraction of sp³-hybridized carbons (Fsp3) is 0.750. The number of rotatable bonds is 8. The molecule has 0 radical (unpaired) electrons. The van der Waals surface area contributed by atoms with Crippen molar-refractivity contribution in [2.75, 3.05) is 52.7 Å². The van der Waals surface area contributed by atoms with Crippen molar-refractivity contribution in [2.45, 2.75) is 44.3 Å². The maximum Gasteiger partial charge on any atom is 0.211 e. The Labute approximate surface area is 169 Å². The number of sulfonamides is 1. The molecular formula is C20H34N4O3S. The zero-order valence-corrected chi connectivity index (χ0v) is 18.0. The van der Waals surface area contributed by atoms with E-state index in [4.69, 9.17) is 4.74 Å². The van der Waals surface area contributed by atoms with Crippen molar-refractivity contribution in [3.8, 4) is 0 Å². The topological polar surface area (TPSA) is 66.0 Å². The standard InChI is InChI=1S/C20H34N4O3S/c1-22(16-18-5-3-9-21-15-18)11-12-24(19-7-13-27-14-8-19)20-6-4-10-23(17-20)28(2,25)26/h3,5,9,15,19-20H,4,6-8,10-14,16-17H2,1-2H3. The van der Waals surface area contributed by atoms with E-state index in [2.05, 4.69) is 27.9 Å². The quantitative estimate of drug-likeness (QED) is 0.646. The molecule has 2 fully saturated rings. The van der Waals surface area contributed by atoms with Crippen LogP contribution >= 0.6 is 0 Å². The number of hydrogen-bond acceptors (Lipinski definition) is 6. The molecule has 0 aliphatic carbocycles. The van der Waals surface area contributed by atoms with Gasteiger partial charge in [-0.05, 0) is 44.4 Å². The maximum absolute atomic E-state index is 12.1. The summed E-state index contributed by atoms with van der Waals surface area (Å²) in [7, 11) is -0.993. The van der Waals surface area contributed by atoms with Crippen molar-refractivity contribution in [1.29, 1.82) is 0 Å². The van der Waals surface area contributed by atoms with E-state index in [9.17, 15) is 8.42 Å². The Morgan fingerprint density at radius 3 is 2.68 bits per heavy atom. The summed E-state index contributed by atoms with van der Waals surface area (Å²) in [5.74, 6) is 0. The molecule has 0 spiro atoms. The minimum atomic E-state index is -3.13. The van der Waals surface area contributed by atoms with Gasteiger partial charge >= 0.3 is 0 Å². The second-order valence-corrected chi connectivity index (χ2v) is 10.1. The smallest absolute Gasteiger partial charge is 0.211 e. The van der Waals surface area contributed by atoms with Crippen molar-refractivity contribution in [3.63, 3.8) is 0 Å². The molecule has 1 aromatic rings. The molecule has 158 valence electrons. The molecule has 28 heavy (non-hydrogen) atoms. The van der Waals surface area contributed by atoms with E-state index < -0.39 is 10.0 Å². The van der Waals surface area contributed by atoms with Crippen LogP contribution in [-0.2, 0) is 21.3 Å². The number of aromatic nitrogens is 1. The largest absolute Gasteiger partial charge is 0.381 e. The SMILES string of the molecule is CN(CCN(C1CCOCC1)C1CCCN(S(C)(=O)=O)C1)Cc1cccnc1. The zero-order chi connectivity index (χ0) is 20.0. The molecule has 3 rings (SSSR count). The molecule has 3 heterocycles. The van der Waals surface area contributed by atoms with Gasteiger partial charge in [0, 0.05) is 70.4 Å². The number of likely N-dealkylation sites (N-methyl/N-ethyl adjacent to an activating group) is 1. The summed E-state index contributed by atoms with van der Waals surface area (Å²) >= 11 is 0. The van der Waals surface area contributed by atoms with E-state index in [1.807, 2.05) is 12.3 Å². The van der Waals surface area contributed by atoms with Crippen LogP contribution in [0.1, 0.15) is 31.2 Å². The highest BCUT2D eigenvalue weighted by Crippen LogP contribution is 2.24. The number of pyridine rings is 1. The third-order valence-corrected chi connectivity index (χ3v) is 7.14. The first-order valence-electron chi connectivity index (χ1n) is 10.3. The van der Waals surface area contributed by atoms with Crippen LogP contribution < -0.4 is 0 Å². The Balaban J connectivity index is 1.63. The molecular weight excluding hydrogens is 376 g/mol. The van der Waals surface area contributed by atoms with Gasteiger partial charge in [-0.1, -0.05) is 6.07 Å². The van der Waals surface area contributed by atoms with Gasteiger partial charge in [0.1, 0.15) is 0 Å². The van der Waals surface area contributed by atoms with Gasteiger partial charge in [-0.15, -0.1) is 0 Å². The van der Waals surface area contributed by atoms with E-state index >= 15 is 0 Å². The lowest BCUT2D eigenvalue weighted by Crippen LogP contribution is -2.55. The van der Waals surface area contributed by atoms with Crippen LogP contribution in [0.25, 0.3) is 0 Å². The molecule has 1 aromatic heterocycles. The average Bonchev–Trinajstić information content (AvgIpc) is 2.69. The number of piperidine rings is 1. The summed E-state index contributed by atoms with van der Waals surface area (Å²) in [6, 6.07) is 4.84. The van der Waals surface area contributed by atoms with Gasteiger partial charge in [0.25, 0.3) is 0 Å². The van der Waals surface area contributed by atoms with Crippen molar-refractivity contribution in [3.05, 3.63) is 30.1 Å². The maximum atomic E-state index is 12.1. The molecule has 1 unspecified atom stereocenters. The highest BCUT2D eigenvalue weighted by Gasteiger charge is 2.33. The van der Waals surface area contributed by atoms with Gasteiger partial charge < -0.3 is 9.64 Å². The molecule has 0 amide bonds. The van der Waals surface area contributed by atoms with Crippen molar-refractivity contribution in [2.24, 2.45) is 0 Å². The van der Waals surface area contributed by atoms with Crippen LogP contribution in [0.3, 0.4) is 0 Å². The molecule has 1 atom stereocenters. The lowest BCUT2D eigenvalue weighted by molar-refractivity contribution is 0.00275.